The molecule has 23 heavy (non-hydrogen) atoms. The summed E-state index contributed by atoms with van der Waals surface area (Å²) in [6.45, 7) is 3.01. The number of esters is 2. The number of nitrogens with zero attached hydrogens (tertiary/aromatic N) is 2. The predicted molar refractivity (Wildman–Crippen MR) is 81.7 cm³/mol. The van der Waals surface area contributed by atoms with E-state index in [1.807, 2.05) is 6.07 Å². The summed E-state index contributed by atoms with van der Waals surface area (Å²) in [7, 11) is 0. The number of hydrogen-bond acceptors (Lipinski definition) is 6. The first-order chi connectivity index (χ1) is 10.9. The topological polar surface area (TPSA) is 78.4 Å². The fourth-order valence-corrected chi connectivity index (χ4v) is 2.16. The van der Waals surface area contributed by atoms with E-state index in [0.717, 1.165) is 5.56 Å². The van der Waals surface area contributed by atoms with E-state index < -0.39 is 17.7 Å². The van der Waals surface area contributed by atoms with Crippen molar-refractivity contribution in [3.05, 3.63) is 53.9 Å². The molecule has 0 spiro atoms. The third-order valence-corrected chi connectivity index (χ3v) is 3.14. The van der Waals surface area contributed by atoms with E-state index in [9.17, 15) is 9.59 Å². The van der Waals surface area contributed by atoms with Crippen LogP contribution in [0.2, 0.25) is 0 Å². The first-order valence-electron chi connectivity index (χ1n) is 7.00. The minimum absolute atomic E-state index is 0.143. The molecule has 1 fully saturated rings. The van der Waals surface area contributed by atoms with Crippen molar-refractivity contribution >= 4 is 18.0 Å². The van der Waals surface area contributed by atoms with Gasteiger partial charge in [0.2, 0.25) is 0 Å². The Morgan fingerprint density at radius 1 is 1.00 bits per heavy atom. The fourth-order valence-electron chi connectivity index (χ4n) is 2.16. The van der Waals surface area contributed by atoms with Crippen LogP contribution in [0.3, 0.4) is 0 Å². The van der Waals surface area contributed by atoms with E-state index in [2.05, 4.69) is 9.97 Å². The molecule has 0 N–H and O–H groups in total. The van der Waals surface area contributed by atoms with Crippen LogP contribution in [0.25, 0.3) is 17.5 Å². The maximum Gasteiger partial charge on any atom is 0.348 e. The molecule has 0 atom stereocenters. The lowest BCUT2D eigenvalue weighted by molar-refractivity contribution is -0.222. The van der Waals surface area contributed by atoms with Gasteiger partial charge in [-0.1, -0.05) is 18.2 Å². The van der Waals surface area contributed by atoms with Gasteiger partial charge in [-0.15, -0.1) is 0 Å². The van der Waals surface area contributed by atoms with Gasteiger partial charge >= 0.3 is 11.9 Å². The fraction of sp³-hybridized carbons (Fsp3) is 0.176. The molecule has 2 heterocycles. The second kappa shape index (κ2) is 5.64. The summed E-state index contributed by atoms with van der Waals surface area (Å²) in [5.41, 5.74) is 1.28. The Bertz CT molecular complexity index is 775. The van der Waals surface area contributed by atoms with Gasteiger partial charge in [0.15, 0.2) is 5.82 Å². The maximum atomic E-state index is 12.0. The molecule has 0 radical (unpaired) electrons. The summed E-state index contributed by atoms with van der Waals surface area (Å²) >= 11 is 0. The number of hydrogen-bond donors (Lipinski definition) is 0. The van der Waals surface area contributed by atoms with Crippen molar-refractivity contribution in [3.63, 3.8) is 0 Å². The lowest BCUT2D eigenvalue weighted by atomic mass is 10.1. The van der Waals surface area contributed by atoms with Gasteiger partial charge in [-0.2, -0.15) is 0 Å². The Labute approximate surface area is 132 Å². The Morgan fingerprint density at radius 3 is 2.30 bits per heavy atom. The summed E-state index contributed by atoms with van der Waals surface area (Å²) in [6.07, 6.45) is 4.73. The zero-order valence-corrected chi connectivity index (χ0v) is 12.6. The largest absolute Gasteiger partial charge is 0.419 e. The molecule has 3 rings (SSSR count). The van der Waals surface area contributed by atoms with Crippen LogP contribution in [0, 0.1) is 0 Å². The molecular weight excluding hydrogens is 296 g/mol. The number of carbonyl (C=O) groups is 2. The number of benzene rings is 1. The van der Waals surface area contributed by atoms with E-state index >= 15 is 0 Å². The number of cyclic esters (lactones) is 2. The quantitative estimate of drug-likeness (QED) is 0.481. The van der Waals surface area contributed by atoms with Gasteiger partial charge in [0.05, 0.1) is 0 Å². The van der Waals surface area contributed by atoms with Crippen LogP contribution in [0.1, 0.15) is 19.4 Å². The highest BCUT2D eigenvalue weighted by atomic mass is 16.7. The van der Waals surface area contributed by atoms with Crippen LogP contribution in [0.5, 0.6) is 0 Å². The third-order valence-electron chi connectivity index (χ3n) is 3.14. The van der Waals surface area contributed by atoms with Gasteiger partial charge in [-0.05, 0) is 23.8 Å². The minimum Gasteiger partial charge on any atom is -0.419 e. The standard InChI is InChI=1S/C17H14N2O4/c1-17(2)22-15(20)13(16(21)23-17)10-11-5-3-6-12(9-11)14-18-7-4-8-19-14/h3-10H,1-2H3. The Morgan fingerprint density at radius 2 is 1.65 bits per heavy atom. The molecule has 0 saturated carbocycles. The molecule has 0 aliphatic carbocycles. The van der Waals surface area contributed by atoms with Crippen molar-refractivity contribution in [2.45, 2.75) is 19.6 Å². The summed E-state index contributed by atoms with van der Waals surface area (Å²) in [4.78, 5) is 32.3. The van der Waals surface area contributed by atoms with Gasteiger partial charge < -0.3 is 9.47 Å². The summed E-state index contributed by atoms with van der Waals surface area (Å²) in [5, 5.41) is 0. The molecule has 1 aromatic heterocycles. The van der Waals surface area contributed by atoms with Crippen molar-refractivity contribution in [3.8, 4) is 11.4 Å². The maximum absolute atomic E-state index is 12.0. The molecule has 1 aliphatic rings. The average molecular weight is 310 g/mol. The molecule has 2 aromatic rings. The summed E-state index contributed by atoms with van der Waals surface area (Å²) in [6, 6.07) is 8.91. The van der Waals surface area contributed by atoms with E-state index in [1.54, 1.807) is 36.7 Å². The molecule has 0 bridgehead atoms. The molecule has 6 nitrogen and oxygen atoms in total. The molecular formula is C17H14N2O4. The van der Waals surface area contributed by atoms with Gasteiger partial charge in [-0.25, -0.2) is 19.6 Å². The zero-order valence-electron chi connectivity index (χ0n) is 12.6. The molecule has 1 aromatic carbocycles. The van der Waals surface area contributed by atoms with Crippen molar-refractivity contribution in [1.82, 2.24) is 9.97 Å². The van der Waals surface area contributed by atoms with Crippen LogP contribution in [-0.4, -0.2) is 27.7 Å². The van der Waals surface area contributed by atoms with Crippen LogP contribution in [-0.2, 0) is 19.1 Å². The Kier molecular flexibility index (Phi) is 3.65. The summed E-state index contributed by atoms with van der Waals surface area (Å²) < 4.78 is 10.1. The number of ether oxygens (including phenoxy) is 2. The zero-order chi connectivity index (χ0) is 16.4. The molecule has 6 heteroatoms. The highest BCUT2D eigenvalue weighted by Crippen LogP contribution is 2.25. The number of rotatable bonds is 2. The number of carbonyl (C=O) groups excluding carboxylic acids is 2. The second-order valence-electron chi connectivity index (χ2n) is 5.43. The first kappa shape index (κ1) is 14.9. The molecule has 1 aliphatic heterocycles. The van der Waals surface area contributed by atoms with E-state index in [4.69, 9.17) is 9.47 Å². The molecule has 1 saturated heterocycles. The minimum atomic E-state index is -1.24. The van der Waals surface area contributed by atoms with Crippen molar-refractivity contribution < 1.29 is 19.1 Å². The van der Waals surface area contributed by atoms with E-state index in [0.29, 0.717) is 11.4 Å². The van der Waals surface area contributed by atoms with Crippen molar-refractivity contribution in [1.29, 1.82) is 0 Å². The third kappa shape index (κ3) is 3.26. The summed E-state index contributed by atoms with van der Waals surface area (Å²) in [5.74, 6) is -2.09. The highest BCUT2D eigenvalue weighted by Gasteiger charge is 2.38. The predicted octanol–water partition coefficient (Wildman–Crippen LogP) is 2.36. The Balaban J connectivity index is 1.94. The lowest BCUT2D eigenvalue weighted by Gasteiger charge is -2.29. The normalized spacial score (nSPS) is 16.5. The molecule has 0 unspecified atom stereocenters. The van der Waals surface area contributed by atoms with Crippen molar-refractivity contribution in [2.24, 2.45) is 0 Å². The smallest absolute Gasteiger partial charge is 0.348 e. The second-order valence-corrected chi connectivity index (χ2v) is 5.43. The lowest BCUT2D eigenvalue weighted by Crippen LogP contribution is -2.41. The van der Waals surface area contributed by atoms with Crippen LogP contribution < -0.4 is 0 Å². The SMILES string of the molecule is CC1(C)OC(=O)C(=Cc2cccc(-c3ncccn3)c2)C(=O)O1. The van der Waals surface area contributed by atoms with Gasteiger partial charge in [0.1, 0.15) is 5.57 Å². The first-order valence-corrected chi connectivity index (χ1v) is 7.00. The average Bonchev–Trinajstić information content (AvgIpc) is 2.51. The number of aromatic nitrogens is 2. The monoisotopic (exact) mass is 310 g/mol. The Hall–Kier alpha value is -3.02. The van der Waals surface area contributed by atoms with Gasteiger partial charge in [0.25, 0.3) is 5.79 Å². The highest BCUT2D eigenvalue weighted by molar-refractivity contribution is 6.18. The van der Waals surface area contributed by atoms with Crippen molar-refractivity contribution in [2.75, 3.05) is 0 Å². The van der Waals surface area contributed by atoms with Gasteiger partial charge in [-0.3, -0.25) is 0 Å². The molecule has 0 amide bonds. The molecule has 116 valence electrons. The van der Waals surface area contributed by atoms with E-state index in [-0.39, 0.29) is 5.57 Å². The van der Waals surface area contributed by atoms with E-state index in [1.165, 1.54) is 19.9 Å². The van der Waals surface area contributed by atoms with Crippen LogP contribution in [0.4, 0.5) is 0 Å². The van der Waals surface area contributed by atoms with Crippen LogP contribution >= 0.6 is 0 Å². The van der Waals surface area contributed by atoms with Gasteiger partial charge in [0, 0.05) is 31.8 Å². The van der Waals surface area contributed by atoms with Crippen LogP contribution in [0.15, 0.2) is 48.3 Å².